The van der Waals surface area contributed by atoms with Crippen LogP contribution in [0.15, 0.2) is 45.7 Å². The number of nitrogens with one attached hydrogen (secondary N) is 1. The minimum absolute atomic E-state index is 0.155. The summed E-state index contributed by atoms with van der Waals surface area (Å²) < 4.78 is 10.1. The fourth-order valence-electron chi connectivity index (χ4n) is 1.96. The standard InChI is InChI=1S/C14H12N2O3/c1-9-2-3-11-10(8-18-12(11)6-9)7-14(17)15-13-4-5-19-16-13/h2-6,8H,7H2,1H3,(H,15,16,17). The van der Waals surface area contributed by atoms with Crippen molar-refractivity contribution in [3.05, 3.63) is 47.9 Å². The molecule has 1 N–H and O–H groups in total. The number of benzene rings is 1. The normalized spacial score (nSPS) is 10.8. The fraction of sp³-hybridized carbons (Fsp3) is 0.143. The van der Waals surface area contributed by atoms with Crippen molar-refractivity contribution in [3.63, 3.8) is 0 Å². The fourth-order valence-corrected chi connectivity index (χ4v) is 1.96. The Balaban J connectivity index is 1.79. The lowest BCUT2D eigenvalue weighted by molar-refractivity contribution is -0.115. The van der Waals surface area contributed by atoms with Crippen LogP contribution in [0.4, 0.5) is 5.82 Å². The van der Waals surface area contributed by atoms with Gasteiger partial charge in [-0.25, -0.2) is 0 Å². The molecule has 5 heteroatoms. The van der Waals surface area contributed by atoms with Crippen molar-refractivity contribution in [1.82, 2.24) is 5.16 Å². The molecule has 2 aromatic heterocycles. The van der Waals surface area contributed by atoms with Crippen LogP contribution in [0.25, 0.3) is 11.0 Å². The van der Waals surface area contributed by atoms with E-state index in [1.807, 2.05) is 25.1 Å². The first-order chi connectivity index (χ1) is 9.22. The van der Waals surface area contributed by atoms with Crippen LogP contribution in [0.2, 0.25) is 0 Å². The van der Waals surface area contributed by atoms with Gasteiger partial charge in [0.15, 0.2) is 5.82 Å². The number of amides is 1. The number of carbonyl (C=O) groups excluding carboxylic acids is 1. The third-order valence-electron chi connectivity index (χ3n) is 2.87. The lowest BCUT2D eigenvalue weighted by Gasteiger charge is -1.99. The Labute approximate surface area is 109 Å². The van der Waals surface area contributed by atoms with E-state index in [1.54, 1.807) is 12.3 Å². The van der Waals surface area contributed by atoms with Crippen molar-refractivity contribution in [3.8, 4) is 0 Å². The third kappa shape index (κ3) is 2.35. The van der Waals surface area contributed by atoms with Gasteiger partial charge in [0.2, 0.25) is 5.91 Å². The Hall–Kier alpha value is -2.56. The SMILES string of the molecule is Cc1ccc2c(CC(=O)Nc3ccon3)coc2c1. The van der Waals surface area contributed by atoms with Gasteiger partial charge in [0.25, 0.3) is 0 Å². The Bertz CT molecular complexity index is 713. The Morgan fingerprint density at radius 3 is 3.05 bits per heavy atom. The molecule has 0 atom stereocenters. The number of carbonyl (C=O) groups is 1. The van der Waals surface area contributed by atoms with E-state index in [0.29, 0.717) is 5.82 Å². The number of aromatic nitrogens is 1. The minimum atomic E-state index is -0.155. The number of fused-ring (bicyclic) bond motifs is 1. The molecule has 1 aromatic carbocycles. The summed E-state index contributed by atoms with van der Waals surface area (Å²) >= 11 is 0. The van der Waals surface area contributed by atoms with Gasteiger partial charge in [-0.1, -0.05) is 17.3 Å². The molecular weight excluding hydrogens is 244 g/mol. The highest BCUT2D eigenvalue weighted by molar-refractivity contribution is 5.94. The number of rotatable bonds is 3. The quantitative estimate of drug-likeness (QED) is 0.782. The molecule has 3 rings (SSSR count). The van der Waals surface area contributed by atoms with Gasteiger partial charge < -0.3 is 14.3 Å². The number of nitrogens with zero attached hydrogens (tertiary/aromatic N) is 1. The molecule has 96 valence electrons. The van der Waals surface area contributed by atoms with E-state index in [-0.39, 0.29) is 12.3 Å². The van der Waals surface area contributed by atoms with E-state index < -0.39 is 0 Å². The summed E-state index contributed by atoms with van der Waals surface area (Å²) in [6.07, 6.45) is 3.26. The van der Waals surface area contributed by atoms with Crippen LogP contribution < -0.4 is 5.32 Å². The largest absolute Gasteiger partial charge is 0.464 e. The molecule has 0 unspecified atom stereocenters. The Kier molecular flexibility index (Phi) is 2.79. The summed E-state index contributed by atoms with van der Waals surface area (Å²) in [6.45, 7) is 2.00. The van der Waals surface area contributed by atoms with Crippen LogP contribution in [0.1, 0.15) is 11.1 Å². The van der Waals surface area contributed by atoms with E-state index >= 15 is 0 Å². The van der Waals surface area contributed by atoms with Crippen molar-refractivity contribution in [1.29, 1.82) is 0 Å². The van der Waals surface area contributed by atoms with Crippen molar-refractivity contribution in [2.24, 2.45) is 0 Å². The average molecular weight is 256 g/mol. The molecule has 0 fully saturated rings. The van der Waals surface area contributed by atoms with Crippen molar-refractivity contribution in [2.45, 2.75) is 13.3 Å². The van der Waals surface area contributed by atoms with Gasteiger partial charge in [0, 0.05) is 17.0 Å². The molecule has 0 aliphatic carbocycles. The maximum atomic E-state index is 11.9. The van der Waals surface area contributed by atoms with Crippen LogP contribution in [0.5, 0.6) is 0 Å². The summed E-state index contributed by atoms with van der Waals surface area (Å²) in [4.78, 5) is 11.9. The maximum Gasteiger partial charge on any atom is 0.230 e. The molecule has 0 aliphatic heterocycles. The highest BCUT2D eigenvalue weighted by Crippen LogP contribution is 2.22. The first-order valence-corrected chi connectivity index (χ1v) is 5.89. The predicted octanol–water partition coefficient (Wildman–Crippen LogP) is 2.91. The number of hydrogen-bond donors (Lipinski definition) is 1. The summed E-state index contributed by atoms with van der Waals surface area (Å²) in [5.74, 6) is 0.255. The molecule has 0 spiro atoms. The van der Waals surface area contributed by atoms with Crippen LogP contribution in [0, 0.1) is 6.92 Å². The third-order valence-corrected chi connectivity index (χ3v) is 2.87. The molecule has 0 bridgehead atoms. The zero-order valence-corrected chi connectivity index (χ0v) is 10.3. The summed E-state index contributed by atoms with van der Waals surface area (Å²) in [7, 11) is 0. The van der Waals surface area contributed by atoms with E-state index in [4.69, 9.17) is 4.42 Å². The van der Waals surface area contributed by atoms with Gasteiger partial charge in [-0.05, 0) is 18.6 Å². The van der Waals surface area contributed by atoms with Gasteiger partial charge in [0.05, 0.1) is 12.7 Å². The summed E-state index contributed by atoms with van der Waals surface area (Å²) in [5.41, 5.74) is 2.78. The molecule has 1 amide bonds. The molecule has 3 aromatic rings. The monoisotopic (exact) mass is 256 g/mol. The van der Waals surface area contributed by atoms with Gasteiger partial charge in [-0.2, -0.15) is 0 Å². The van der Waals surface area contributed by atoms with Crippen LogP contribution in [-0.2, 0) is 11.2 Å². The first kappa shape index (κ1) is 11.5. The van der Waals surface area contributed by atoms with Gasteiger partial charge in [0.1, 0.15) is 11.8 Å². The molecular formula is C14H12N2O3. The molecule has 0 aliphatic rings. The van der Waals surface area contributed by atoms with E-state index in [1.165, 1.54) is 6.26 Å². The second-order valence-corrected chi connectivity index (χ2v) is 4.37. The van der Waals surface area contributed by atoms with Crippen LogP contribution in [0.3, 0.4) is 0 Å². The highest BCUT2D eigenvalue weighted by atomic mass is 16.5. The lowest BCUT2D eigenvalue weighted by Crippen LogP contribution is -2.14. The lowest BCUT2D eigenvalue weighted by atomic mass is 10.1. The van der Waals surface area contributed by atoms with E-state index in [2.05, 4.69) is 15.0 Å². The molecule has 5 nitrogen and oxygen atoms in total. The van der Waals surface area contributed by atoms with E-state index in [9.17, 15) is 4.79 Å². The minimum Gasteiger partial charge on any atom is -0.464 e. The number of hydrogen-bond acceptors (Lipinski definition) is 4. The summed E-state index contributed by atoms with van der Waals surface area (Å²) in [6, 6.07) is 7.51. The van der Waals surface area contributed by atoms with Gasteiger partial charge in [-0.15, -0.1) is 0 Å². The molecule has 2 heterocycles. The topological polar surface area (TPSA) is 68.3 Å². The smallest absolute Gasteiger partial charge is 0.230 e. The zero-order chi connectivity index (χ0) is 13.2. The van der Waals surface area contributed by atoms with Gasteiger partial charge >= 0.3 is 0 Å². The zero-order valence-electron chi connectivity index (χ0n) is 10.3. The maximum absolute atomic E-state index is 11.9. The first-order valence-electron chi connectivity index (χ1n) is 5.89. The van der Waals surface area contributed by atoms with E-state index in [0.717, 1.165) is 22.1 Å². The Morgan fingerprint density at radius 1 is 1.37 bits per heavy atom. The molecule has 0 saturated heterocycles. The highest BCUT2D eigenvalue weighted by Gasteiger charge is 2.11. The number of aryl methyl sites for hydroxylation is 1. The van der Waals surface area contributed by atoms with Gasteiger partial charge in [-0.3, -0.25) is 4.79 Å². The van der Waals surface area contributed by atoms with Crippen molar-refractivity contribution in [2.75, 3.05) is 5.32 Å². The average Bonchev–Trinajstić information content (AvgIpc) is 2.99. The predicted molar refractivity (Wildman–Crippen MR) is 69.8 cm³/mol. The number of anilines is 1. The summed E-state index contributed by atoms with van der Waals surface area (Å²) in [5, 5.41) is 7.24. The molecule has 19 heavy (non-hydrogen) atoms. The second kappa shape index (κ2) is 4.61. The van der Waals surface area contributed by atoms with Crippen molar-refractivity contribution < 1.29 is 13.7 Å². The van der Waals surface area contributed by atoms with Crippen LogP contribution >= 0.6 is 0 Å². The Morgan fingerprint density at radius 2 is 2.26 bits per heavy atom. The molecule has 0 saturated carbocycles. The number of furan rings is 1. The second-order valence-electron chi connectivity index (χ2n) is 4.37. The molecule has 0 radical (unpaired) electrons. The van der Waals surface area contributed by atoms with Crippen LogP contribution in [-0.4, -0.2) is 11.1 Å². The van der Waals surface area contributed by atoms with Crippen molar-refractivity contribution >= 4 is 22.7 Å².